The molecule has 0 fully saturated rings. The summed E-state index contributed by atoms with van der Waals surface area (Å²) in [5.74, 6) is -1.68. The van der Waals surface area contributed by atoms with Gasteiger partial charge in [-0.15, -0.1) is 0 Å². The fourth-order valence-corrected chi connectivity index (χ4v) is 2.78. The Kier molecular flexibility index (Phi) is 3.32. The first-order valence-electron chi connectivity index (χ1n) is 7.15. The zero-order chi connectivity index (χ0) is 15.2. The van der Waals surface area contributed by atoms with E-state index in [1.807, 2.05) is 0 Å². The topological polar surface area (TPSA) is 29.9 Å². The summed E-state index contributed by atoms with van der Waals surface area (Å²) in [6.07, 6.45) is 0.831. The van der Waals surface area contributed by atoms with Crippen molar-refractivity contribution in [3.63, 3.8) is 0 Å². The molecule has 0 bridgehead atoms. The maximum Gasteiger partial charge on any atom is 0.160 e. The van der Waals surface area contributed by atoms with Crippen molar-refractivity contribution in [2.24, 2.45) is 0 Å². The molecule has 112 valence electrons. The minimum absolute atomic E-state index is 0.0903. The molecular formula is C16H19F2N3. The number of hydrogen-bond acceptors (Lipinski definition) is 2. The van der Waals surface area contributed by atoms with Crippen molar-refractivity contribution >= 4 is 0 Å². The van der Waals surface area contributed by atoms with Gasteiger partial charge in [0.2, 0.25) is 0 Å². The molecule has 0 radical (unpaired) electrons. The molecule has 2 heterocycles. The van der Waals surface area contributed by atoms with Crippen LogP contribution in [-0.4, -0.2) is 16.3 Å². The van der Waals surface area contributed by atoms with E-state index < -0.39 is 11.6 Å². The smallest absolute Gasteiger partial charge is 0.160 e. The van der Waals surface area contributed by atoms with Gasteiger partial charge in [-0.3, -0.25) is 0 Å². The van der Waals surface area contributed by atoms with E-state index in [2.05, 4.69) is 26.1 Å². The predicted octanol–water partition coefficient (Wildman–Crippen LogP) is 3.09. The monoisotopic (exact) mass is 291 g/mol. The van der Waals surface area contributed by atoms with E-state index in [-0.39, 0.29) is 5.41 Å². The Hall–Kier alpha value is -1.75. The van der Waals surface area contributed by atoms with Crippen LogP contribution in [0.4, 0.5) is 8.78 Å². The third-order valence-electron chi connectivity index (χ3n) is 3.79. The van der Waals surface area contributed by atoms with Gasteiger partial charge in [-0.1, -0.05) is 20.8 Å². The van der Waals surface area contributed by atoms with Gasteiger partial charge in [0.05, 0.1) is 17.1 Å². The Balaban J connectivity index is 2.18. The van der Waals surface area contributed by atoms with Gasteiger partial charge in [-0.05, 0) is 12.1 Å². The summed E-state index contributed by atoms with van der Waals surface area (Å²) in [6, 6.07) is 3.92. The van der Waals surface area contributed by atoms with Crippen LogP contribution in [0.2, 0.25) is 0 Å². The molecule has 3 rings (SSSR count). The lowest BCUT2D eigenvalue weighted by molar-refractivity contribution is 0.506. The second-order valence-corrected chi connectivity index (χ2v) is 6.46. The van der Waals surface area contributed by atoms with Crippen LogP contribution in [0.15, 0.2) is 18.2 Å². The Morgan fingerprint density at radius 1 is 1.19 bits per heavy atom. The van der Waals surface area contributed by atoms with Crippen LogP contribution in [-0.2, 0) is 18.4 Å². The first-order chi connectivity index (χ1) is 9.88. The molecule has 0 unspecified atom stereocenters. The van der Waals surface area contributed by atoms with Crippen LogP contribution in [0, 0.1) is 11.6 Å². The van der Waals surface area contributed by atoms with Crippen molar-refractivity contribution in [2.45, 2.75) is 39.2 Å². The molecule has 0 aliphatic carbocycles. The molecule has 0 saturated carbocycles. The van der Waals surface area contributed by atoms with E-state index in [0.717, 1.165) is 37.0 Å². The maximum absolute atomic E-state index is 13.5. The SMILES string of the molecule is CC(C)(C)c1nn(-c2ccc(F)c(F)c2)c2c1CNCC2. The quantitative estimate of drug-likeness (QED) is 0.875. The standard InChI is InChI=1S/C16H19F2N3/c1-16(2,3)15-11-9-19-7-6-14(11)21(20-15)10-4-5-12(17)13(18)8-10/h4-5,8,19H,6-7,9H2,1-3H3. The molecule has 2 aromatic rings. The van der Waals surface area contributed by atoms with Crippen molar-refractivity contribution < 1.29 is 8.78 Å². The van der Waals surface area contributed by atoms with E-state index in [9.17, 15) is 8.78 Å². The molecule has 5 heteroatoms. The van der Waals surface area contributed by atoms with Gasteiger partial charge in [0.25, 0.3) is 0 Å². The summed E-state index contributed by atoms with van der Waals surface area (Å²) in [6.45, 7) is 7.97. The molecule has 1 N–H and O–H groups in total. The minimum Gasteiger partial charge on any atom is -0.312 e. The lowest BCUT2D eigenvalue weighted by Crippen LogP contribution is -2.26. The Morgan fingerprint density at radius 2 is 1.95 bits per heavy atom. The highest BCUT2D eigenvalue weighted by molar-refractivity contribution is 5.41. The number of benzene rings is 1. The summed E-state index contributed by atoms with van der Waals surface area (Å²) >= 11 is 0. The number of aromatic nitrogens is 2. The number of halogens is 2. The van der Waals surface area contributed by atoms with E-state index in [4.69, 9.17) is 5.10 Å². The molecule has 0 saturated heterocycles. The fourth-order valence-electron chi connectivity index (χ4n) is 2.78. The van der Waals surface area contributed by atoms with Crippen LogP contribution in [0.25, 0.3) is 5.69 Å². The average molecular weight is 291 g/mol. The number of fused-ring (bicyclic) bond motifs is 1. The Bertz CT molecular complexity index is 684. The minimum atomic E-state index is -0.844. The van der Waals surface area contributed by atoms with Gasteiger partial charge in [-0.25, -0.2) is 13.5 Å². The van der Waals surface area contributed by atoms with E-state index in [1.165, 1.54) is 11.6 Å². The first-order valence-corrected chi connectivity index (χ1v) is 7.15. The van der Waals surface area contributed by atoms with Gasteiger partial charge in [0, 0.05) is 36.6 Å². The number of rotatable bonds is 1. The Morgan fingerprint density at radius 3 is 2.62 bits per heavy atom. The Labute approximate surface area is 123 Å². The highest BCUT2D eigenvalue weighted by Gasteiger charge is 2.28. The van der Waals surface area contributed by atoms with Gasteiger partial charge in [0.1, 0.15) is 0 Å². The van der Waals surface area contributed by atoms with Crippen LogP contribution in [0.3, 0.4) is 0 Å². The maximum atomic E-state index is 13.5. The average Bonchev–Trinajstić information content (AvgIpc) is 2.81. The largest absolute Gasteiger partial charge is 0.312 e. The highest BCUT2D eigenvalue weighted by Crippen LogP contribution is 2.30. The van der Waals surface area contributed by atoms with Gasteiger partial charge >= 0.3 is 0 Å². The molecule has 1 aromatic carbocycles. The fraction of sp³-hybridized carbons (Fsp3) is 0.438. The summed E-state index contributed by atoms with van der Waals surface area (Å²) in [7, 11) is 0. The third kappa shape index (κ3) is 2.46. The van der Waals surface area contributed by atoms with Crippen LogP contribution in [0.1, 0.15) is 37.7 Å². The van der Waals surface area contributed by atoms with Gasteiger partial charge < -0.3 is 5.32 Å². The zero-order valence-electron chi connectivity index (χ0n) is 12.5. The molecule has 0 amide bonds. The van der Waals surface area contributed by atoms with E-state index in [0.29, 0.717) is 5.69 Å². The summed E-state index contributed by atoms with van der Waals surface area (Å²) in [5, 5.41) is 8.04. The molecular weight excluding hydrogens is 272 g/mol. The number of nitrogens with zero attached hydrogens (tertiary/aromatic N) is 2. The second kappa shape index (κ2) is 4.91. The van der Waals surface area contributed by atoms with Crippen molar-refractivity contribution in [1.82, 2.24) is 15.1 Å². The van der Waals surface area contributed by atoms with Crippen LogP contribution >= 0.6 is 0 Å². The van der Waals surface area contributed by atoms with Crippen molar-refractivity contribution in [2.75, 3.05) is 6.54 Å². The molecule has 1 aromatic heterocycles. The highest BCUT2D eigenvalue weighted by atomic mass is 19.2. The normalized spacial score (nSPS) is 15.1. The molecule has 0 spiro atoms. The molecule has 3 nitrogen and oxygen atoms in total. The third-order valence-corrected chi connectivity index (χ3v) is 3.79. The molecule has 21 heavy (non-hydrogen) atoms. The zero-order valence-corrected chi connectivity index (χ0v) is 12.5. The van der Waals surface area contributed by atoms with E-state index >= 15 is 0 Å². The summed E-state index contributed by atoms with van der Waals surface area (Å²) in [5.41, 5.74) is 3.76. The summed E-state index contributed by atoms with van der Waals surface area (Å²) < 4.78 is 28.4. The molecule has 0 atom stereocenters. The number of hydrogen-bond donors (Lipinski definition) is 1. The lowest BCUT2D eigenvalue weighted by Gasteiger charge is -2.20. The molecule has 1 aliphatic heterocycles. The van der Waals surface area contributed by atoms with Crippen LogP contribution in [0.5, 0.6) is 0 Å². The van der Waals surface area contributed by atoms with Crippen molar-refractivity contribution in [1.29, 1.82) is 0 Å². The van der Waals surface area contributed by atoms with Crippen molar-refractivity contribution in [3.8, 4) is 5.69 Å². The summed E-state index contributed by atoms with van der Waals surface area (Å²) in [4.78, 5) is 0. The lowest BCUT2D eigenvalue weighted by atomic mass is 9.88. The predicted molar refractivity (Wildman–Crippen MR) is 77.6 cm³/mol. The van der Waals surface area contributed by atoms with E-state index in [1.54, 1.807) is 10.7 Å². The van der Waals surface area contributed by atoms with Crippen LogP contribution < -0.4 is 5.32 Å². The number of nitrogens with one attached hydrogen (secondary N) is 1. The first kappa shape index (κ1) is 14.2. The van der Waals surface area contributed by atoms with Gasteiger partial charge in [-0.2, -0.15) is 5.10 Å². The second-order valence-electron chi connectivity index (χ2n) is 6.46. The molecule has 1 aliphatic rings. The van der Waals surface area contributed by atoms with Gasteiger partial charge in [0.15, 0.2) is 11.6 Å². The van der Waals surface area contributed by atoms with Crippen molar-refractivity contribution in [3.05, 3.63) is 46.8 Å².